The molecule has 0 unspecified atom stereocenters. The molecule has 0 aliphatic heterocycles. The second kappa shape index (κ2) is 18.1. The van der Waals surface area contributed by atoms with Gasteiger partial charge >= 0.3 is 0 Å². The van der Waals surface area contributed by atoms with Gasteiger partial charge in [-0.15, -0.1) is 0 Å². The van der Waals surface area contributed by atoms with Crippen molar-refractivity contribution in [2.75, 3.05) is 0 Å². The van der Waals surface area contributed by atoms with Gasteiger partial charge in [-0.2, -0.15) is 0 Å². The van der Waals surface area contributed by atoms with Crippen molar-refractivity contribution in [2.24, 2.45) is 0 Å². The fraction of sp³-hybridized carbons (Fsp3) is 0.0606. The lowest BCUT2D eigenvalue weighted by atomic mass is 9.95. The van der Waals surface area contributed by atoms with Gasteiger partial charge in [0.1, 0.15) is 0 Å². The Bertz CT molecular complexity index is 3730. The molecule has 0 spiro atoms. The first-order valence-electron chi connectivity index (χ1n) is 24.2. The van der Waals surface area contributed by atoms with E-state index in [4.69, 9.17) is 19.9 Å². The quantitative estimate of drug-likeness (QED) is 0.145. The van der Waals surface area contributed by atoms with Gasteiger partial charge in [0, 0.05) is 44.2 Å². The highest BCUT2D eigenvalue weighted by molar-refractivity contribution is 6.12. The van der Waals surface area contributed by atoms with E-state index >= 15 is 0 Å². The van der Waals surface area contributed by atoms with Crippen molar-refractivity contribution in [3.05, 3.63) is 247 Å². The number of aromatic nitrogens is 5. The van der Waals surface area contributed by atoms with Gasteiger partial charge in [0.25, 0.3) is 0 Å². The largest absolute Gasteiger partial charge is 0.309 e. The van der Waals surface area contributed by atoms with Crippen LogP contribution in [0.1, 0.15) is 22.3 Å². The molecule has 0 aliphatic rings. The lowest BCUT2D eigenvalue weighted by Gasteiger charge is -2.17. The summed E-state index contributed by atoms with van der Waals surface area (Å²) in [6.45, 7) is 8.73. The lowest BCUT2D eigenvalue weighted by molar-refractivity contribution is 1.15. The van der Waals surface area contributed by atoms with E-state index in [1.807, 2.05) is 48.5 Å². The minimum absolute atomic E-state index is 0.650. The number of aryl methyl sites for hydroxylation is 4. The van der Waals surface area contributed by atoms with Gasteiger partial charge in [-0.05, 0) is 110 Å². The van der Waals surface area contributed by atoms with Gasteiger partial charge in [0.2, 0.25) is 0 Å². The van der Waals surface area contributed by atoms with E-state index in [-0.39, 0.29) is 0 Å². The first kappa shape index (κ1) is 43.2. The molecule has 0 radical (unpaired) electrons. The Morgan fingerprint density at radius 2 is 0.676 bits per heavy atom. The van der Waals surface area contributed by atoms with Crippen molar-refractivity contribution in [3.63, 3.8) is 0 Å². The minimum Gasteiger partial charge on any atom is -0.309 e. The van der Waals surface area contributed by atoms with Crippen LogP contribution in [0.2, 0.25) is 0 Å². The van der Waals surface area contributed by atoms with Crippen LogP contribution in [0.5, 0.6) is 0 Å². The number of benzene rings is 9. The summed E-state index contributed by atoms with van der Waals surface area (Å²) in [6.07, 6.45) is 0. The summed E-state index contributed by atoms with van der Waals surface area (Å²) in [7, 11) is 0. The molecule has 0 saturated carbocycles. The van der Waals surface area contributed by atoms with E-state index in [0.29, 0.717) is 11.6 Å². The third-order valence-corrected chi connectivity index (χ3v) is 13.6. The van der Waals surface area contributed by atoms with Crippen molar-refractivity contribution in [1.82, 2.24) is 24.5 Å². The molecule has 0 N–H and O–H groups in total. The van der Waals surface area contributed by atoms with E-state index in [1.165, 1.54) is 55.3 Å². The molecule has 71 heavy (non-hydrogen) atoms. The number of hydrogen-bond acceptors (Lipinski definition) is 4. The first-order valence-corrected chi connectivity index (χ1v) is 24.2. The van der Waals surface area contributed by atoms with Gasteiger partial charge in [-0.25, -0.2) is 19.9 Å². The van der Waals surface area contributed by atoms with Crippen LogP contribution in [0.4, 0.5) is 0 Å². The Morgan fingerprint density at radius 3 is 1.13 bits per heavy atom. The van der Waals surface area contributed by atoms with Crippen molar-refractivity contribution >= 4 is 21.8 Å². The Hall–Kier alpha value is -9.06. The SMILES string of the molecule is Cc1ccc(-c2ccc3c(c2)c2cc(-c4ccc(C)cc4C)ccc2n3-c2ccc(-c3cc(-c4ccccc4)nc(-c4ccccc4)n3)cc2-c2cc(-c3ccccc3)nc(-c3ccccc3)n2)c(C)c1. The van der Waals surface area contributed by atoms with E-state index in [2.05, 4.69) is 208 Å². The van der Waals surface area contributed by atoms with Crippen molar-refractivity contribution in [2.45, 2.75) is 27.7 Å². The number of rotatable bonds is 9. The zero-order valence-corrected chi connectivity index (χ0v) is 40.1. The molecule has 5 heteroatoms. The highest BCUT2D eigenvalue weighted by Gasteiger charge is 2.22. The van der Waals surface area contributed by atoms with Crippen LogP contribution >= 0.6 is 0 Å². The van der Waals surface area contributed by atoms with Crippen LogP contribution in [0, 0.1) is 27.7 Å². The molecule has 3 heterocycles. The summed E-state index contributed by atoms with van der Waals surface area (Å²) in [6, 6.07) is 79.6. The molecular formula is C66H49N5. The van der Waals surface area contributed by atoms with E-state index < -0.39 is 0 Å². The molecule has 0 saturated heterocycles. The molecule has 9 aromatic carbocycles. The van der Waals surface area contributed by atoms with Crippen LogP contribution in [0.25, 0.3) is 118 Å². The van der Waals surface area contributed by atoms with Gasteiger partial charge < -0.3 is 4.57 Å². The Balaban J connectivity index is 1.15. The number of hydrogen-bond donors (Lipinski definition) is 0. The van der Waals surface area contributed by atoms with E-state index in [0.717, 1.165) is 72.9 Å². The lowest BCUT2D eigenvalue weighted by Crippen LogP contribution is -2.02. The molecule has 0 fully saturated rings. The van der Waals surface area contributed by atoms with Crippen molar-refractivity contribution in [1.29, 1.82) is 0 Å². The maximum absolute atomic E-state index is 5.48. The van der Waals surface area contributed by atoms with E-state index in [1.54, 1.807) is 0 Å². The number of fused-ring (bicyclic) bond motifs is 3. The molecule has 12 rings (SSSR count). The predicted octanol–water partition coefficient (Wildman–Crippen LogP) is 16.9. The monoisotopic (exact) mass is 911 g/mol. The van der Waals surface area contributed by atoms with Gasteiger partial charge in [-0.1, -0.05) is 187 Å². The van der Waals surface area contributed by atoms with Crippen LogP contribution < -0.4 is 0 Å². The van der Waals surface area contributed by atoms with Crippen LogP contribution in [-0.4, -0.2) is 24.5 Å². The molecule has 0 aliphatic carbocycles. The average molecular weight is 912 g/mol. The topological polar surface area (TPSA) is 56.5 Å². The van der Waals surface area contributed by atoms with Gasteiger partial charge in [-0.3, -0.25) is 0 Å². The summed E-state index contributed by atoms with van der Waals surface area (Å²) in [4.78, 5) is 21.2. The maximum atomic E-state index is 5.48. The van der Waals surface area contributed by atoms with Crippen molar-refractivity contribution < 1.29 is 0 Å². The third-order valence-electron chi connectivity index (χ3n) is 13.6. The Kier molecular flexibility index (Phi) is 11.0. The zero-order valence-electron chi connectivity index (χ0n) is 40.1. The fourth-order valence-corrected chi connectivity index (χ4v) is 10.1. The molecular weight excluding hydrogens is 863 g/mol. The third kappa shape index (κ3) is 8.28. The molecule has 338 valence electrons. The molecule has 0 atom stereocenters. The van der Waals surface area contributed by atoms with Crippen LogP contribution in [0.3, 0.4) is 0 Å². The number of nitrogens with zero attached hydrogens (tertiary/aromatic N) is 5. The molecule has 3 aromatic heterocycles. The first-order chi connectivity index (χ1) is 34.8. The molecule has 5 nitrogen and oxygen atoms in total. The minimum atomic E-state index is 0.650. The highest BCUT2D eigenvalue weighted by atomic mass is 15.0. The molecule has 12 aromatic rings. The Labute approximate surface area is 414 Å². The summed E-state index contributed by atoms with van der Waals surface area (Å²) >= 11 is 0. The normalized spacial score (nSPS) is 11.4. The van der Waals surface area contributed by atoms with E-state index in [9.17, 15) is 0 Å². The summed E-state index contributed by atoms with van der Waals surface area (Å²) in [5.74, 6) is 1.31. The molecule has 0 amide bonds. The maximum Gasteiger partial charge on any atom is 0.160 e. The zero-order chi connectivity index (χ0) is 48.0. The summed E-state index contributed by atoms with van der Waals surface area (Å²) in [5, 5.41) is 2.35. The van der Waals surface area contributed by atoms with Crippen LogP contribution in [-0.2, 0) is 0 Å². The second-order valence-electron chi connectivity index (χ2n) is 18.6. The highest BCUT2D eigenvalue weighted by Crippen LogP contribution is 2.42. The standard InChI is InChI=1S/C66H49N5/c1-42-25-30-53(44(3)35-42)50-27-32-62-55(37-50)56-38-51(54-31-26-43(2)36-45(54)4)28-33-63(56)71(62)64-34-29-52(60-40-58(46-17-9-5-10-18-46)67-65(69-60)48-21-13-7-14-22-48)39-57(64)61-41-59(47-19-11-6-12-20-47)68-66(70-61)49-23-15-8-16-24-49/h5-41H,1-4H3. The fourth-order valence-electron chi connectivity index (χ4n) is 10.1. The Morgan fingerprint density at radius 1 is 0.282 bits per heavy atom. The van der Waals surface area contributed by atoms with Crippen molar-refractivity contribution in [3.8, 4) is 95.7 Å². The summed E-state index contributed by atoms with van der Waals surface area (Å²) < 4.78 is 2.43. The van der Waals surface area contributed by atoms with Crippen LogP contribution in [0.15, 0.2) is 224 Å². The van der Waals surface area contributed by atoms with Gasteiger partial charge in [0.05, 0.1) is 39.5 Å². The summed E-state index contributed by atoms with van der Waals surface area (Å²) in [5.41, 5.74) is 22.1. The average Bonchev–Trinajstić information content (AvgIpc) is 3.74. The van der Waals surface area contributed by atoms with Gasteiger partial charge in [0.15, 0.2) is 11.6 Å². The molecule has 0 bridgehead atoms. The smallest absolute Gasteiger partial charge is 0.160 e. The second-order valence-corrected chi connectivity index (χ2v) is 18.6. The predicted molar refractivity (Wildman–Crippen MR) is 294 cm³/mol.